The molecule has 20 heavy (non-hydrogen) atoms. The van der Waals surface area contributed by atoms with Crippen molar-refractivity contribution in [1.29, 1.82) is 0 Å². The Labute approximate surface area is 127 Å². The topological polar surface area (TPSA) is 0 Å². The largest absolute Gasteiger partial charge is 0.0602 e. The third-order valence-electron chi connectivity index (χ3n) is 6.48. The lowest BCUT2D eigenvalue weighted by atomic mass is 9.70. The molecule has 3 fully saturated rings. The molecule has 0 heteroatoms. The molecular formula is C20H36. The number of hydrogen-bond donors (Lipinski definition) is 0. The van der Waals surface area contributed by atoms with E-state index in [1.165, 1.54) is 12.8 Å². The third kappa shape index (κ3) is 2.95. The zero-order chi connectivity index (χ0) is 14.7. The molecule has 0 aliphatic heterocycles. The highest BCUT2D eigenvalue weighted by Crippen LogP contribution is 2.64. The fraction of sp³-hybridized carbons (Fsp3) is 1.00. The molecule has 0 saturated heterocycles. The first-order chi connectivity index (χ1) is 9.12. The van der Waals surface area contributed by atoms with Crippen LogP contribution in [-0.4, -0.2) is 0 Å². The summed E-state index contributed by atoms with van der Waals surface area (Å²) < 4.78 is 0. The van der Waals surface area contributed by atoms with E-state index in [0.717, 1.165) is 35.5 Å². The summed E-state index contributed by atoms with van der Waals surface area (Å²) in [5.74, 6) is 6.58. The number of hydrogen-bond acceptors (Lipinski definition) is 0. The first-order valence-electron chi connectivity index (χ1n) is 9.12. The van der Waals surface area contributed by atoms with E-state index in [4.69, 9.17) is 0 Å². The van der Waals surface area contributed by atoms with Gasteiger partial charge in [0.05, 0.1) is 0 Å². The van der Waals surface area contributed by atoms with Gasteiger partial charge in [0.15, 0.2) is 0 Å². The zero-order valence-electron chi connectivity index (χ0n) is 14.7. The molecule has 3 rings (SSSR count). The quantitative estimate of drug-likeness (QED) is 0.567. The van der Waals surface area contributed by atoms with Crippen LogP contribution in [0.5, 0.6) is 0 Å². The van der Waals surface area contributed by atoms with E-state index in [2.05, 4.69) is 41.5 Å². The van der Waals surface area contributed by atoms with Crippen LogP contribution in [-0.2, 0) is 0 Å². The first kappa shape index (κ1) is 14.9. The van der Waals surface area contributed by atoms with Gasteiger partial charge in [-0.2, -0.15) is 0 Å². The minimum absolute atomic E-state index is 0.535. The molecule has 3 aliphatic rings. The molecule has 0 N–H and O–H groups in total. The average molecular weight is 277 g/mol. The minimum Gasteiger partial charge on any atom is -0.0602 e. The van der Waals surface area contributed by atoms with E-state index in [-0.39, 0.29) is 0 Å². The van der Waals surface area contributed by atoms with E-state index in [0.29, 0.717) is 10.8 Å². The molecule has 0 amide bonds. The van der Waals surface area contributed by atoms with Crippen molar-refractivity contribution in [2.45, 2.75) is 80.1 Å². The van der Waals surface area contributed by atoms with E-state index in [9.17, 15) is 0 Å². The average Bonchev–Trinajstić information content (AvgIpc) is 2.82. The Morgan fingerprint density at radius 2 is 1.25 bits per heavy atom. The van der Waals surface area contributed by atoms with Crippen molar-refractivity contribution in [1.82, 2.24) is 0 Å². The van der Waals surface area contributed by atoms with Crippen molar-refractivity contribution in [3.8, 4) is 0 Å². The summed E-state index contributed by atoms with van der Waals surface area (Å²) in [4.78, 5) is 0. The lowest BCUT2D eigenvalue weighted by Crippen LogP contribution is -2.27. The molecule has 3 saturated carbocycles. The van der Waals surface area contributed by atoms with Crippen LogP contribution in [0.4, 0.5) is 0 Å². The minimum atomic E-state index is 0.535. The second-order valence-electron chi connectivity index (χ2n) is 10.9. The van der Waals surface area contributed by atoms with Crippen LogP contribution >= 0.6 is 0 Å². The van der Waals surface area contributed by atoms with Crippen LogP contribution in [0.1, 0.15) is 80.1 Å². The maximum Gasteiger partial charge on any atom is -0.0349 e. The van der Waals surface area contributed by atoms with Crippen LogP contribution in [0, 0.1) is 46.3 Å². The maximum atomic E-state index is 2.44. The second kappa shape index (κ2) is 4.75. The second-order valence-corrected chi connectivity index (χ2v) is 10.9. The summed E-state index contributed by atoms with van der Waals surface area (Å²) in [6, 6.07) is 0. The lowest BCUT2D eigenvalue weighted by Gasteiger charge is -2.35. The molecule has 0 aromatic carbocycles. The summed E-state index contributed by atoms with van der Waals surface area (Å²) in [5, 5.41) is 0. The Kier molecular flexibility index (Phi) is 3.54. The van der Waals surface area contributed by atoms with E-state index < -0.39 is 0 Å². The summed E-state index contributed by atoms with van der Waals surface area (Å²) >= 11 is 0. The molecule has 2 bridgehead atoms. The summed E-state index contributed by atoms with van der Waals surface area (Å²) in [5.41, 5.74) is 1.07. The Bertz CT molecular complexity index is 353. The smallest absolute Gasteiger partial charge is 0.0349 e. The highest BCUT2D eigenvalue weighted by atomic mass is 14.6. The van der Waals surface area contributed by atoms with Crippen molar-refractivity contribution < 1.29 is 0 Å². The van der Waals surface area contributed by atoms with E-state index in [1.54, 1.807) is 25.7 Å². The normalized spacial score (nSPS) is 44.1. The van der Waals surface area contributed by atoms with Gasteiger partial charge in [-0.05, 0) is 84.9 Å². The fourth-order valence-electron chi connectivity index (χ4n) is 6.38. The monoisotopic (exact) mass is 276 g/mol. The predicted molar refractivity (Wildman–Crippen MR) is 87.6 cm³/mol. The highest BCUT2D eigenvalue weighted by molar-refractivity contribution is 5.05. The van der Waals surface area contributed by atoms with Crippen LogP contribution in [0.2, 0.25) is 0 Å². The Balaban J connectivity index is 1.63. The third-order valence-corrected chi connectivity index (χ3v) is 6.48. The molecule has 0 spiro atoms. The van der Waals surface area contributed by atoms with E-state index in [1.807, 2.05) is 0 Å². The van der Waals surface area contributed by atoms with E-state index >= 15 is 0 Å². The van der Waals surface area contributed by atoms with Gasteiger partial charge in [-0.25, -0.2) is 0 Å². The fourth-order valence-corrected chi connectivity index (χ4v) is 6.38. The first-order valence-corrected chi connectivity index (χ1v) is 9.12. The van der Waals surface area contributed by atoms with Crippen LogP contribution in [0.15, 0.2) is 0 Å². The predicted octanol–water partition coefficient (Wildman–Crippen LogP) is 6.16. The van der Waals surface area contributed by atoms with Crippen molar-refractivity contribution >= 4 is 0 Å². The maximum absolute atomic E-state index is 2.44. The van der Waals surface area contributed by atoms with Gasteiger partial charge in [0.2, 0.25) is 0 Å². The van der Waals surface area contributed by atoms with Gasteiger partial charge in [0.1, 0.15) is 0 Å². The molecule has 3 aliphatic carbocycles. The van der Waals surface area contributed by atoms with Gasteiger partial charge >= 0.3 is 0 Å². The van der Waals surface area contributed by atoms with Crippen molar-refractivity contribution in [2.24, 2.45) is 46.3 Å². The lowest BCUT2D eigenvalue weighted by molar-refractivity contribution is 0.145. The van der Waals surface area contributed by atoms with Crippen molar-refractivity contribution in [3.63, 3.8) is 0 Å². The molecule has 116 valence electrons. The summed E-state index contributed by atoms with van der Waals surface area (Å²) in [6.45, 7) is 14.6. The van der Waals surface area contributed by atoms with Crippen LogP contribution in [0.25, 0.3) is 0 Å². The Hall–Kier alpha value is 0. The van der Waals surface area contributed by atoms with Gasteiger partial charge in [-0.1, -0.05) is 41.5 Å². The van der Waals surface area contributed by atoms with Gasteiger partial charge in [-0.15, -0.1) is 0 Å². The zero-order valence-corrected chi connectivity index (χ0v) is 14.7. The molecule has 0 nitrogen and oxygen atoms in total. The molecule has 4 unspecified atom stereocenters. The molecular weight excluding hydrogens is 240 g/mol. The molecule has 0 radical (unpaired) electrons. The highest BCUT2D eigenvalue weighted by Gasteiger charge is 2.56. The molecule has 0 aromatic rings. The van der Waals surface area contributed by atoms with Crippen molar-refractivity contribution in [2.75, 3.05) is 0 Å². The summed E-state index contributed by atoms with van der Waals surface area (Å²) in [7, 11) is 0. The standard InChI is InChI=1S/C20H36/c1-19(2,3)11-13-7-16-14-9-15(12-20(4,5)6)17(10-14)18(16)8-13/h13-18H,7-12H2,1-6H3/t13?,14-,15?,16?,17-,18?/m0/s1. The number of rotatable bonds is 2. The summed E-state index contributed by atoms with van der Waals surface area (Å²) in [6.07, 6.45) is 9.25. The number of fused-ring (bicyclic) bond motifs is 5. The Morgan fingerprint density at radius 1 is 0.650 bits per heavy atom. The SMILES string of the molecule is CC(C)(C)CC1CC2C(C1)[C@H]1C[C@@H]2CC1CC(C)(C)C. The van der Waals surface area contributed by atoms with Crippen molar-refractivity contribution in [3.05, 3.63) is 0 Å². The molecule has 0 aromatic heterocycles. The van der Waals surface area contributed by atoms with Gasteiger partial charge in [0.25, 0.3) is 0 Å². The van der Waals surface area contributed by atoms with Gasteiger partial charge in [-0.3, -0.25) is 0 Å². The Morgan fingerprint density at radius 3 is 1.85 bits per heavy atom. The molecule has 0 heterocycles. The van der Waals surface area contributed by atoms with Crippen LogP contribution < -0.4 is 0 Å². The van der Waals surface area contributed by atoms with Crippen LogP contribution in [0.3, 0.4) is 0 Å². The van der Waals surface area contributed by atoms with Gasteiger partial charge < -0.3 is 0 Å². The van der Waals surface area contributed by atoms with Gasteiger partial charge in [0, 0.05) is 0 Å². The molecule has 6 atom stereocenters.